The zero-order valence-electron chi connectivity index (χ0n) is 14.6. The van der Waals surface area contributed by atoms with Crippen molar-refractivity contribution in [2.24, 2.45) is 5.73 Å². The summed E-state index contributed by atoms with van der Waals surface area (Å²) in [5.74, 6) is -0.929. The molecular formula is C20H23N3O3. The van der Waals surface area contributed by atoms with Crippen molar-refractivity contribution < 1.29 is 14.3 Å². The first-order valence-electron chi connectivity index (χ1n) is 8.68. The average Bonchev–Trinajstić information content (AvgIpc) is 2.67. The molecule has 2 aromatic carbocycles. The van der Waals surface area contributed by atoms with Gasteiger partial charge in [0.1, 0.15) is 0 Å². The Balaban J connectivity index is 1.54. The molecule has 0 radical (unpaired) electrons. The van der Waals surface area contributed by atoms with Crippen LogP contribution in [0.1, 0.15) is 26.3 Å². The van der Waals surface area contributed by atoms with Crippen LogP contribution in [0.2, 0.25) is 0 Å². The topological polar surface area (TPSA) is 84.7 Å². The van der Waals surface area contributed by atoms with E-state index < -0.39 is 5.91 Å². The van der Waals surface area contributed by atoms with Crippen molar-refractivity contribution >= 4 is 11.8 Å². The van der Waals surface area contributed by atoms with Crippen molar-refractivity contribution in [2.75, 3.05) is 26.2 Å². The first-order chi connectivity index (χ1) is 12.6. The van der Waals surface area contributed by atoms with Gasteiger partial charge in [0.05, 0.1) is 23.8 Å². The highest BCUT2D eigenvalue weighted by molar-refractivity contribution is 6.06. The normalized spacial score (nSPS) is 17.6. The third kappa shape index (κ3) is 4.68. The molecule has 1 aliphatic heterocycles. The molecule has 1 unspecified atom stereocenters. The monoisotopic (exact) mass is 353 g/mol. The second kappa shape index (κ2) is 8.60. The number of carbonyl (C=O) groups is 2. The van der Waals surface area contributed by atoms with Crippen LogP contribution in [0.5, 0.6) is 0 Å². The van der Waals surface area contributed by atoms with Gasteiger partial charge in [-0.3, -0.25) is 14.5 Å². The molecule has 1 heterocycles. The van der Waals surface area contributed by atoms with Crippen LogP contribution in [-0.4, -0.2) is 49.1 Å². The molecule has 6 nitrogen and oxygen atoms in total. The van der Waals surface area contributed by atoms with Crippen molar-refractivity contribution in [1.82, 2.24) is 10.2 Å². The fraction of sp³-hybridized carbons (Fsp3) is 0.300. The molecule has 1 atom stereocenters. The predicted molar refractivity (Wildman–Crippen MR) is 98.8 cm³/mol. The van der Waals surface area contributed by atoms with E-state index in [-0.39, 0.29) is 23.1 Å². The van der Waals surface area contributed by atoms with E-state index in [1.807, 2.05) is 18.2 Å². The van der Waals surface area contributed by atoms with E-state index in [4.69, 9.17) is 10.5 Å². The quantitative estimate of drug-likeness (QED) is 0.822. The molecule has 0 saturated carbocycles. The highest BCUT2D eigenvalue weighted by atomic mass is 16.5. The largest absolute Gasteiger partial charge is 0.374 e. The average molecular weight is 353 g/mol. The summed E-state index contributed by atoms with van der Waals surface area (Å²) in [5, 5.41) is 2.85. The SMILES string of the molecule is NC(=O)c1ccccc1C(=O)NCC1CN(Cc2ccccc2)CCO1. The van der Waals surface area contributed by atoms with E-state index in [0.717, 1.165) is 19.6 Å². The standard InChI is InChI=1S/C20H23N3O3/c21-19(24)17-8-4-5-9-18(17)20(25)22-12-16-14-23(10-11-26-16)13-15-6-2-1-3-7-15/h1-9,16H,10-14H2,(H2,21,24)(H,22,25). The number of nitrogens with zero attached hydrogens (tertiary/aromatic N) is 1. The minimum absolute atomic E-state index is 0.0860. The summed E-state index contributed by atoms with van der Waals surface area (Å²) >= 11 is 0. The Labute approximate surface area is 152 Å². The maximum absolute atomic E-state index is 12.4. The van der Waals surface area contributed by atoms with Crippen molar-refractivity contribution in [3.8, 4) is 0 Å². The van der Waals surface area contributed by atoms with Crippen molar-refractivity contribution in [2.45, 2.75) is 12.6 Å². The molecule has 1 saturated heterocycles. The lowest BCUT2D eigenvalue weighted by molar-refractivity contribution is -0.0292. The van der Waals surface area contributed by atoms with Crippen LogP contribution in [0, 0.1) is 0 Å². The number of ether oxygens (including phenoxy) is 1. The smallest absolute Gasteiger partial charge is 0.252 e. The molecule has 0 aliphatic carbocycles. The third-order valence-corrected chi connectivity index (χ3v) is 4.40. The lowest BCUT2D eigenvalue weighted by Gasteiger charge is -2.33. The maximum atomic E-state index is 12.4. The number of hydrogen-bond acceptors (Lipinski definition) is 4. The Morgan fingerprint density at radius 3 is 2.50 bits per heavy atom. The molecule has 0 spiro atoms. The Morgan fingerprint density at radius 2 is 1.77 bits per heavy atom. The number of nitrogens with one attached hydrogen (secondary N) is 1. The minimum atomic E-state index is -0.612. The van der Waals surface area contributed by atoms with E-state index >= 15 is 0 Å². The van der Waals surface area contributed by atoms with Crippen LogP contribution in [-0.2, 0) is 11.3 Å². The Morgan fingerprint density at radius 1 is 1.08 bits per heavy atom. The number of hydrogen-bond donors (Lipinski definition) is 2. The number of amides is 2. The molecule has 3 N–H and O–H groups in total. The molecule has 3 rings (SSSR count). The number of benzene rings is 2. The van der Waals surface area contributed by atoms with Crippen LogP contribution in [0.15, 0.2) is 54.6 Å². The molecule has 0 bridgehead atoms. The van der Waals surface area contributed by atoms with Crippen LogP contribution in [0.25, 0.3) is 0 Å². The molecule has 136 valence electrons. The molecule has 26 heavy (non-hydrogen) atoms. The Hall–Kier alpha value is -2.70. The van der Waals surface area contributed by atoms with Gasteiger partial charge in [-0.15, -0.1) is 0 Å². The first-order valence-corrected chi connectivity index (χ1v) is 8.68. The van der Waals surface area contributed by atoms with E-state index in [9.17, 15) is 9.59 Å². The van der Waals surface area contributed by atoms with Gasteiger partial charge in [-0.1, -0.05) is 42.5 Å². The molecule has 2 aromatic rings. The summed E-state index contributed by atoms with van der Waals surface area (Å²) in [6, 6.07) is 16.8. The molecule has 1 aliphatic rings. The van der Waals surface area contributed by atoms with E-state index in [0.29, 0.717) is 13.2 Å². The fourth-order valence-electron chi connectivity index (χ4n) is 3.09. The van der Waals surface area contributed by atoms with Gasteiger partial charge in [-0.25, -0.2) is 0 Å². The lowest BCUT2D eigenvalue weighted by Crippen LogP contribution is -2.47. The summed E-state index contributed by atoms with van der Waals surface area (Å²) in [5.41, 5.74) is 7.10. The van der Waals surface area contributed by atoms with Gasteiger partial charge in [-0.05, 0) is 17.7 Å². The summed E-state index contributed by atoms with van der Waals surface area (Å²) in [7, 11) is 0. The second-order valence-electron chi connectivity index (χ2n) is 6.33. The van der Waals surface area contributed by atoms with Gasteiger partial charge in [0.25, 0.3) is 5.91 Å². The van der Waals surface area contributed by atoms with E-state index in [1.165, 1.54) is 5.56 Å². The zero-order valence-corrected chi connectivity index (χ0v) is 14.6. The highest BCUT2D eigenvalue weighted by Crippen LogP contribution is 2.11. The van der Waals surface area contributed by atoms with Gasteiger partial charge in [0, 0.05) is 26.2 Å². The van der Waals surface area contributed by atoms with Gasteiger partial charge in [0.2, 0.25) is 5.91 Å². The van der Waals surface area contributed by atoms with Crippen molar-refractivity contribution in [1.29, 1.82) is 0 Å². The molecule has 6 heteroatoms. The number of morpholine rings is 1. The number of carbonyl (C=O) groups excluding carboxylic acids is 2. The minimum Gasteiger partial charge on any atom is -0.374 e. The van der Waals surface area contributed by atoms with Gasteiger partial charge in [0.15, 0.2) is 0 Å². The van der Waals surface area contributed by atoms with Gasteiger partial charge < -0.3 is 15.8 Å². The summed E-state index contributed by atoms with van der Waals surface area (Å²) in [6.07, 6.45) is -0.0860. The number of rotatable bonds is 6. The van der Waals surface area contributed by atoms with E-state index in [1.54, 1.807) is 24.3 Å². The van der Waals surface area contributed by atoms with Crippen molar-refractivity contribution in [3.05, 3.63) is 71.3 Å². The number of primary amides is 1. The molecule has 2 amide bonds. The van der Waals surface area contributed by atoms with Crippen LogP contribution in [0.3, 0.4) is 0 Å². The maximum Gasteiger partial charge on any atom is 0.252 e. The van der Waals surface area contributed by atoms with Gasteiger partial charge >= 0.3 is 0 Å². The van der Waals surface area contributed by atoms with Crippen LogP contribution >= 0.6 is 0 Å². The molecular weight excluding hydrogens is 330 g/mol. The predicted octanol–water partition coefficient (Wildman–Crippen LogP) is 1.42. The van der Waals surface area contributed by atoms with E-state index in [2.05, 4.69) is 22.3 Å². The Kier molecular flexibility index (Phi) is 5.99. The second-order valence-corrected chi connectivity index (χ2v) is 6.33. The summed E-state index contributed by atoms with van der Waals surface area (Å²) < 4.78 is 5.76. The van der Waals surface area contributed by atoms with Crippen LogP contribution in [0.4, 0.5) is 0 Å². The molecule has 0 aromatic heterocycles. The summed E-state index contributed by atoms with van der Waals surface area (Å²) in [6.45, 7) is 3.48. The zero-order chi connectivity index (χ0) is 18.4. The lowest BCUT2D eigenvalue weighted by atomic mass is 10.1. The molecule has 1 fully saturated rings. The first kappa shape index (κ1) is 18.1. The van der Waals surface area contributed by atoms with Gasteiger partial charge in [-0.2, -0.15) is 0 Å². The number of nitrogens with two attached hydrogens (primary N) is 1. The summed E-state index contributed by atoms with van der Waals surface area (Å²) in [4.78, 5) is 26.2. The van der Waals surface area contributed by atoms with Crippen molar-refractivity contribution in [3.63, 3.8) is 0 Å². The van der Waals surface area contributed by atoms with Crippen LogP contribution < -0.4 is 11.1 Å². The highest BCUT2D eigenvalue weighted by Gasteiger charge is 2.22. The fourth-order valence-corrected chi connectivity index (χ4v) is 3.09. The third-order valence-electron chi connectivity index (χ3n) is 4.40. The Bertz CT molecular complexity index is 764.